The smallest absolute Gasteiger partial charge is 0.356 e. The molecule has 1 saturated carbocycles. The van der Waals surface area contributed by atoms with Gasteiger partial charge >= 0.3 is 5.97 Å². The quantitative estimate of drug-likeness (QED) is 0.512. The molecule has 0 N–H and O–H groups in total. The van der Waals surface area contributed by atoms with Gasteiger partial charge in [-0.25, -0.2) is 9.78 Å². The minimum atomic E-state index is -0.435. The van der Waals surface area contributed by atoms with Gasteiger partial charge in [-0.05, 0) is 50.5 Å². The number of aryl methyl sites for hydroxylation is 1. The van der Waals surface area contributed by atoms with E-state index in [4.69, 9.17) is 23.7 Å². The van der Waals surface area contributed by atoms with Gasteiger partial charge in [0.15, 0.2) is 0 Å². The molecule has 0 radical (unpaired) electrons. The zero-order chi connectivity index (χ0) is 28.0. The number of nitrogens with zero attached hydrogens (tertiary/aromatic N) is 4. The molecule has 0 amide bonds. The van der Waals surface area contributed by atoms with Crippen molar-refractivity contribution in [1.82, 2.24) is 19.8 Å². The van der Waals surface area contributed by atoms with E-state index in [2.05, 4.69) is 31.9 Å². The summed E-state index contributed by atoms with van der Waals surface area (Å²) in [6.45, 7) is 9.94. The largest absolute Gasteiger partial charge is 0.464 e. The van der Waals surface area contributed by atoms with Crippen LogP contribution in [0.4, 0.5) is 0 Å². The maximum Gasteiger partial charge on any atom is 0.356 e. The normalized spacial score (nSPS) is 23.1. The first-order valence-corrected chi connectivity index (χ1v) is 14.4. The molecule has 0 spiro atoms. The van der Waals surface area contributed by atoms with Crippen LogP contribution in [0.2, 0.25) is 0 Å². The highest BCUT2D eigenvalue weighted by atomic mass is 16.5. The lowest BCUT2D eigenvalue weighted by Gasteiger charge is -2.27. The molecule has 2 aromatic heterocycles. The van der Waals surface area contributed by atoms with Gasteiger partial charge in [-0.2, -0.15) is 0 Å². The van der Waals surface area contributed by atoms with Gasteiger partial charge in [0.2, 0.25) is 0 Å². The molecular formula is C30H44N4O6. The van der Waals surface area contributed by atoms with Gasteiger partial charge in [-0.3, -0.25) is 14.8 Å². The molecule has 0 aromatic carbocycles. The summed E-state index contributed by atoms with van der Waals surface area (Å²) in [6.07, 6.45) is 3.37. The van der Waals surface area contributed by atoms with Crippen molar-refractivity contribution in [2.45, 2.75) is 51.5 Å². The average Bonchev–Trinajstić information content (AvgIpc) is 3.40. The van der Waals surface area contributed by atoms with E-state index in [1.54, 1.807) is 6.07 Å². The Kier molecular flexibility index (Phi) is 12.7. The monoisotopic (exact) mass is 556 g/mol. The molecule has 10 nitrogen and oxygen atoms in total. The Morgan fingerprint density at radius 1 is 0.800 bits per heavy atom. The number of fused-ring (bicyclic) bond motifs is 1. The molecule has 40 heavy (non-hydrogen) atoms. The number of aromatic nitrogens is 2. The number of methoxy groups -OCH3 is 1. The first kappa shape index (κ1) is 30.5. The molecule has 2 aromatic rings. The summed E-state index contributed by atoms with van der Waals surface area (Å²) in [6, 6.07) is 11.6. The summed E-state index contributed by atoms with van der Waals surface area (Å²) in [4.78, 5) is 25.7. The Morgan fingerprint density at radius 2 is 1.35 bits per heavy atom. The van der Waals surface area contributed by atoms with Crippen LogP contribution in [-0.4, -0.2) is 111 Å². The van der Waals surface area contributed by atoms with Gasteiger partial charge in [0, 0.05) is 45.0 Å². The summed E-state index contributed by atoms with van der Waals surface area (Å²) >= 11 is 0. The van der Waals surface area contributed by atoms with Crippen molar-refractivity contribution in [3.63, 3.8) is 0 Å². The van der Waals surface area contributed by atoms with Crippen molar-refractivity contribution in [3.8, 4) is 0 Å². The number of rotatable bonds is 5. The molecule has 220 valence electrons. The van der Waals surface area contributed by atoms with Crippen LogP contribution < -0.4 is 0 Å². The molecule has 1 aliphatic heterocycles. The van der Waals surface area contributed by atoms with Gasteiger partial charge in [-0.15, -0.1) is 0 Å². The zero-order valence-corrected chi connectivity index (χ0v) is 24.0. The number of carbonyl (C=O) groups excluding carboxylic acids is 1. The summed E-state index contributed by atoms with van der Waals surface area (Å²) in [5, 5.41) is 0. The third-order valence-electron chi connectivity index (χ3n) is 7.27. The van der Waals surface area contributed by atoms with Gasteiger partial charge < -0.3 is 23.7 Å². The molecule has 1 aliphatic carbocycles. The van der Waals surface area contributed by atoms with Gasteiger partial charge in [0.25, 0.3) is 0 Å². The highest BCUT2D eigenvalue weighted by Crippen LogP contribution is 2.25. The molecule has 4 rings (SSSR count). The molecule has 10 heteroatoms. The minimum absolute atomic E-state index is 0.105. The van der Waals surface area contributed by atoms with Crippen molar-refractivity contribution in [3.05, 3.63) is 59.2 Å². The SMILES string of the molecule is COC(=O)c1cccc(CN2CCOCCOCCN(Cc3cccc(C)n3)CCOC3CCCC3OCC2)n1. The van der Waals surface area contributed by atoms with Crippen molar-refractivity contribution >= 4 is 5.97 Å². The van der Waals surface area contributed by atoms with Crippen molar-refractivity contribution in [1.29, 1.82) is 0 Å². The predicted octanol–water partition coefficient (Wildman–Crippen LogP) is 2.88. The van der Waals surface area contributed by atoms with Crippen molar-refractivity contribution in [2.24, 2.45) is 0 Å². The van der Waals surface area contributed by atoms with Crippen LogP contribution in [0, 0.1) is 6.92 Å². The topological polar surface area (TPSA) is 95.5 Å². The Balaban J connectivity index is 1.33. The lowest BCUT2D eigenvalue weighted by atomic mass is 10.2. The highest BCUT2D eigenvalue weighted by Gasteiger charge is 2.29. The third kappa shape index (κ3) is 10.2. The number of carbonyl (C=O) groups is 1. The zero-order valence-electron chi connectivity index (χ0n) is 24.0. The van der Waals surface area contributed by atoms with Crippen molar-refractivity contribution < 1.29 is 28.5 Å². The molecule has 3 heterocycles. The summed E-state index contributed by atoms with van der Waals surface area (Å²) < 4.78 is 29.3. The second-order valence-electron chi connectivity index (χ2n) is 10.3. The molecule has 2 aliphatic rings. The van der Waals surface area contributed by atoms with Crippen LogP contribution in [-0.2, 0) is 36.8 Å². The number of hydrogen-bond acceptors (Lipinski definition) is 10. The fourth-order valence-corrected chi connectivity index (χ4v) is 5.12. The minimum Gasteiger partial charge on any atom is -0.464 e. The number of ether oxygens (including phenoxy) is 5. The van der Waals surface area contributed by atoms with Crippen LogP contribution in [0.1, 0.15) is 46.8 Å². The molecule has 0 bridgehead atoms. The second kappa shape index (κ2) is 16.7. The van der Waals surface area contributed by atoms with Gasteiger partial charge in [-0.1, -0.05) is 12.1 Å². The second-order valence-corrected chi connectivity index (χ2v) is 10.3. The van der Waals surface area contributed by atoms with E-state index in [9.17, 15) is 4.79 Å². The lowest BCUT2D eigenvalue weighted by Crippen LogP contribution is -2.36. The highest BCUT2D eigenvalue weighted by molar-refractivity contribution is 5.87. The van der Waals surface area contributed by atoms with Gasteiger partial charge in [0.05, 0.1) is 70.3 Å². The Bertz CT molecular complexity index is 1040. The molecule has 2 atom stereocenters. The first-order valence-electron chi connectivity index (χ1n) is 14.4. The molecule has 2 fully saturated rings. The van der Waals surface area contributed by atoms with E-state index in [0.717, 1.165) is 69.1 Å². The van der Waals surface area contributed by atoms with E-state index < -0.39 is 5.97 Å². The van der Waals surface area contributed by atoms with Crippen LogP contribution in [0.25, 0.3) is 0 Å². The van der Waals surface area contributed by atoms with Crippen molar-refractivity contribution in [2.75, 3.05) is 72.9 Å². The van der Waals surface area contributed by atoms with E-state index >= 15 is 0 Å². The standard InChI is InChI=1S/C30H44N4O6/c1-24-6-3-7-25(31-24)22-33-12-16-37-20-21-38-17-13-34(23-26-8-4-9-27(32-26)30(35)36-2)15-19-40-29-11-5-10-28(29)39-18-14-33/h3-4,6-9,28-29H,5,10-23H2,1-2H3. The predicted molar refractivity (Wildman–Crippen MR) is 150 cm³/mol. The van der Waals surface area contributed by atoms with Crippen LogP contribution in [0.15, 0.2) is 36.4 Å². The van der Waals surface area contributed by atoms with E-state index in [1.807, 2.05) is 25.1 Å². The maximum absolute atomic E-state index is 11.9. The maximum atomic E-state index is 11.9. The number of esters is 1. The fraction of sp³-hybridized carbons (Fsp3) is 0.633. The van der Waals surface area contributed by atoms with Crippen LogP contribution >= 0.6 is 0 Å². The van der Waals surface area contributed by atoms with Crippen LogP contribution in [0.5, 0.6) is 0 Å². The van der Waals surface area contributed by atoms with Crippen LogP contribution in [0.3, 0.4) is 0 Å². The molecular weight excluding hydrogens is 512 g/mol. The summed E-state index contributed by atoms with van der Waals surface area (Å²) in [7, 11) is 1.36. The summed E-state index contributed by atoms with van der Waals surface area (Å²) in [5.74, 6) is -0.435. The first-order chi connectivity index (χ1) is 19.6. The van der Waals surface area contributed by atoms with E-state index in [0.29, 0.717) is 51.9 Å². The Hall–Kier alpha value is -2.47. The molecule has 2 unspecified atom stereocenters. The summed E-state index contributed by atoms with van der Waals surface area (Å²) in [5.41, 5.74) is 3.20. The van der Waals surface area contributed by atoms with E-state index in [-0.39, 0.29) is 12.2 Å². The fourth-order valence-electron chi connectivity index (χ4n) is 5.12. The van der Waals surface area contributed by atoms with E-state index in [1.165, 1.54) is 7.11 Å². The number of pyridine rings is 2. The average molecular weight is 557 g/mol. The molecule has 1 saturated heterocycles. The Labute approximate surface area is 237 Å². The number of hydrogen-bond donors (Lipinski definition) is 0. The lowest BCUT2D eigenvalue weighted by molar-refractivity contribution is -0.0669. The van der Waals surface area contributed by atoms with Gasteiger partial charge in [0.1, 0.15) is 5.69 Å². The third-order valence-corrected chi connectivity index (χ3v) is 7.27. The Morgan fingerprint density at radius 3 is 1.93 bits per heavy atom.